The fourth-order valence-corrected chi connectivity index (χ4v) is 2.03. The van der Waals surface area contributed by atoms with Crippen LogP contribution in [0.4, 0.5) is 0 Å². The molecule has 0 amide bonds. The molecule has 0 spiro atoms. The van der Waals surface area contributed by atoms with E-state index in [0.717, 1.165) is 12.8 Å². The highest BCUT2D eigenvalue weighted by Crippen LogP contribution is 2.22. The van der Waals surface area contributed by atoms with Crippen molar-refractivity contribution >= 4 is 0 Å². The summed E-state index contributed by atoms with van der Waals surface area (Å²) in [7, 11) is 0. The van der Waals surface area contributed by atoms with Gasteiger partial charge in [0, 0.05) is 12.8 Å². The lowest BCUT2D eigenvalue weighted by Crippen LogP contribution is -2.36. The van der Waals surface area contributed by atoms with E-state index in [2.05, 4.69) is 9.97 Å². The molecule has 2 unspecified atom stereocenters. The van der Waals surface area contributed by atoms with Crippen LogP contribution >= 0.6 is 0 Å². The summed E-state index contributed by atoms with van der Waals surface area (Å²) in [5.74, 6) is 0.384. The van der Waals surface area contributed by atoms with Crippen LogP contribution in [-0.4, -0.2) is 28.3 Å². The first-order chi connectivity index (χ1) is 7.63. The Kier molecular flexibility index (Phi) is 3.24. The minimum atomic E-state index is -0.196. The number of nitrogens with zero attached hydrogens (tertiary/aromatic N) is 1. The van der Waals surface area contributed by atoms with Crippen molar-refractivity contribution < 1.29 is 9.47 Å². The highest BCUT2D eigenvalue weighted by Gasteiger charge is 2.26. The quantitative estimate of drug-likeness (QED) is 0.817. The van der Waals surface area contributed by atoms with Crippen molar-refractivity contribution in [2.24, 2.45) is 0 Å². The van der Waals surface area contributed by atoms with Gasteiger partial charge in [0.1, 0.15) is 6.10 Å². The summed E-state index contributed by atoms with van der Waals surface area (Å²) in [4.78, 5) is 17.5. The van der Waals surface area contributed by atoms with Crippen LogP contribution in [0.1, 0.15) is 26.7 Å². The van der Waals surface area contributed by atoms with Gasteiger partial charge in [-0.25, -0.2) is 4.98 Å². The number of aromatic amines is 1. The van der Waals surface area contributed by atoms with Crippen molar-refractivity contribution in [3.05, 3.63) is 22.7 Å². The molecular formula is C11H16N2O3. The summed E-state index contributed by atoms with van der Waals surface area (Å²) < 4.78 is 11.3. The van der Waals surface area contributed by atoms with Crippen molar-refractivity contribution in [2.45, 2.75) is 45.0 Å². The summed E-state index contributed by atoms with van der Waals surface area (Å²) in [6.07, 6.45) is 3.47. The molecule has 2 heterocycles. The van der Waals surface area contributed by atoms with E-state index >= 15 is 0 Å². The van der Waals surface area contributed by atoms with E-state index in [4.69, 9.17) is 9.47 Å². The Morgan fingerprint density at radius 3 is 2.75 bits per heavy atom. The van der Waals surface area contributed by atoms with Gasteiger partial charge in [-0.05, 0) is 13.8 Å². The molecule has 5 nitrogen and oxygen atoms in total. The van der Waals surface area contributed by atoms with Gasteiger partial charge < -0.3 is 14.5 Å². The number of nitrogens with one attached hydrogen (secondary N) is 1. The molecule has 2 atom stereocenters. The fraction of sp³-hybridized carbons (Fsp3) is 0.636. The minimum Gasteiger partial charge on any atom is -0.474 e. The van der Waals surface area contributed by atoms with E-state index < -0.39 is 0 Å². The van der Waals surface area contributed by atoms with E-state index in [1.54, 1.807) is 0 Å². The Labute approximate surface area is 93.8 Å². The fourth-order valence-electron chi connectivity index (χ4n) is 2.03. The van der Waals surface area contributed by atoms with Crippen molar-refractivity contribution in [3.63, 3.8) is 0 Å². The smallest absolute Gasteiger partial charge is 0.254 e. The summed E-state index contributed by atoms with van der Waals surface area (Å²) in [5.41, 5.74) is -0.196. The molecule has 1 saturated heterocycles. The number of aromatic nitrogens is 2. The first kappa shape index (κ1) is 11.1. The average Bonchev–Trinajstić information content (AvgIpc) is 2.15. The number of hydrogen-bond acceptors (Lipinski definition) is 4. The Hall–Kier alpha value is -1.36. The largest absolute Gasteiger partial charge is 0.474 e. The maximum atomic E-state index is 11.1. The van der Waals surface area contributed by atoms with Gasteiger partial charge in [0.15, 0.2) is 0 Å². The highest BCUT2D eigenvalue weighted by atomic mass is 16.5. The second-order valence-electron chi connectivity index (χ2n) is 4.22. The molecule has 0 aliphatic carbocycles. The van der Waals surface area contributed by atoms with Crippen LogP contribution in [0.15, 0.2) is 17.2 Å². The molecular weight excluding hydrogens is 208 g/mol. The summed E-state index contributed by atoms with van der Waals surface area (Å²) in [5, 5.41) is 0. The summed E-state index contributed by atoms with van der Waals surface area (Å²) in [6.45, 7) is 4.05. The Morgan fingerprint density at radius 1 is 1.44 bits per heavy atom. The molecule has 88 valence electrons. The predicted molar refractivity (Wildman–Crippen MR) is 58.5 cm³/mol. The molecule has 1 fully saturated rings. The van der Waals surface area contributed by atoms with E-state index in [1.165, 1.54) is 12.4 Å². The van der Waals surface area contributed by atoms with Crippen LogP contribution in [0.25, 0.3) is 0 Å². The van der Waals surface area contributed by atoms with Gasteiger partial charge in [-0.1, -0.05) is 0 Å². The molecule has 1 N–H and O–H groups in total. The van der Waals surface area contributed by atoms with Gasteiger partial charge in [-0.2, -0.15) is 0 Å². The third kappa shape index (κ3) is 2.82. The minimum absolute atomic E-state index is 0.0769. The van der Waals surface area contributed by atoms with Crippen molar-refractivity contribution in [1.82, 2.24) is 9.97 Å². The van der Waals surface area contributed by atoms with Gasteiger partial charge in [-0.3, -0.25) is 4.79 Å². The van der Waals surface area contributed by atoms with Crippen LogP contribution < -0.4 is 10.3 Å². The predicted octanol–water partition coefficient (Wildman–Crippen LogP) is 1.10. The zero-order valence-corrected chi connectivity index (χ0v) is 9.47. The van der Waals surface area contributed by atoms with E-state index in [1.807, 2.05) is 13.8 Å². The topological polar surface area (TPSA) is 64.2 Å². The SMILES string of the molecule is CC1CC(Oc2cc(=O)[nH]cn2)CC(C)O1. The second kappa shape index (κ2) is 4.65. The highest BCUT2D eigenvalue weighted by molar-refractivity contribution is 5.05. The lowest BCUT2D eigenvalue weighted by molar-refractivity contribution is -0.0730. The average molecular weight is 224 g/mol. The molecule has 1 aliphatic heterocycles. The first-order valence-corrected chi connectivity index (χ1v) is 5.50. The number of rotatable bonds is 2. The third-order valence-corrected chi connectivity index (χ3v) is 2.59. The third-order valence-electron chi connectivity index (χ3n) is 2.59. The summed E-state index contributed by atoms with van der Waals surface area (Å²) in [6, 6.07) is 1.37. The zero-order valence-electron chi connectivity index (χ0n) is 9.47. The lowest BCUT2D eigenvalue weighted by atomic mass is 10.0. The van der Waals surface area contributed by atoms with Crippen molar-refractivity contribution in [2.75, 3.05) is 0 Å². The number of hydrogen-bond donors (Lipinski definition) is 1. The first-order valence-electron chi connectivity index (χ1n) is 5.50. The normalized spacial score (nSPS) is 30.0. The summed E-state index contributed by atoms with van der Waals surface area (Å²) >= 11 is 0. The van der Waals surface area contributed by atoms with Crippen LogP contribution in [-0.2, 0) is 4.74 Å². The molecule has 1 aliphatic rings. The maximum Gasteiger partial charge on any atom is 0.254 e. The van der Waals surface area contributed by atoms with Gasteiger partial charge in [0.2, 0.25) is 5.88 Å². The molecule has 1 aromatic rings. The van der Waals surface area contributed by atoms with Crippen molar-refractivity contribution in [3.8, 4) is 5.88 Å². The van der Waals surface area contributed by atoms with Crippen molar-refractivity contribution in [1.29, 1.82) is 0 Å². The molecule has 16 heavy (non-hydrogen) atoms. The molecule has 0 saturated carbocycles. The second-order valence-corrected chi connectivity index (χ2v) is 4.22. The molecule has 0 aromatic carbocycles. The Bertz CT molecular complexity index is 394. The van der Waals surface area contributed by atoms with Crippen LogP contribution in [0.5, 0.6) is 5.88 Å². The molecule has 0 radical (unpaired) electrons. The van der Waals surface area contributed by atoms with Crippen LogP contribution in [0.3, 0.4) is 0 Å². The molecule has 0 bridgehead atoms. The number of H-pyrrole nitrogens is 1. The van der Waals surface area contributed by atoms with E-state index in [0.29, 0.717) is 5.88 Å². The van der Waals surface area contributed by atoms with Gasteiger partial charge >= 0.3 is 0 Å². The monoisotopic (exact) mass is 224 g/mol. The molecule has 5 heteroatoms. The Balaban J connectivity index is 2.01. The van der Waals surface area contributed by atoms with E-state index in [-0.39, 0.29) is 23.9 Å². The lowest BCUT2D eigenvalue weighted by Gasteiger charge is -2.31. The molecule has 1 aromatic heterocycles. The van der Waals surface area contributed by atoms with Gasteiger partial charge in [0.25, 0.3) is 5.56 Å². The van der Waals surface area contributed by atoms with Gasteiger partial charge in [0.05, 0.1) is 24.6 Å². The molecule has 2 rings (SSSR count). The maximum absolute atomic E-state index is 11.1. The van der Waals surface area contributed by atoms with Crippen LogP contribution in [0.2, 0.25) is 0 Å². The standard InChI is InChI=1S/C11H16N2O3/c1-7-3-9(4-8(2)15-7)16-11-5-10(14)12-6-13-11/h5-9H,3-4H2,1-2H3,(H,12,13,14). The van der Waals surface area contributed by atoms with E-state index in [9.17, 15) is 4.79 Å². The van der Waals surface area contributed by atoms with Crippen LogP contribution in [0, 0.1) is 0 Å². The van der Waals surface area contributed by atoms with Gasteiger partial charge in [-0.15, -0.1) is 0 Å². The zero-order chi connectivity index (χ0) is 11.5. The number of ether oxygens (including phenoxy) is 2. The Morgan fingerprint density at radius 2 is 2.12 bits per heavy atom.